The first kappa shape index (κ1) is 8.32. The molecule has 0 aliphatic carbocycles. The van der Waals surface area contributed by atoms with E-state index in [-0.39, 0.29) is 5.63 Å². The average Bonchev–Trinajstić information content (AvgIpc) is 2.49. The number of ether oxygens (including phenoxy) is 1. The minimum absolute atomic E-state index is 0.359. The van der Waals surface area contributed by atoms with Crippen LogP contribution in [-0.4, -0.2) is 6.61 Å². The van der Waals surface area contributed by atoms with Crippen molar-refractivity contribution in [2.75, 3.05) is 6.61 Å². The maximum absolute atomic E-state index is 11.1. The van der Waals surface area contributed by atoms with E-state index in [2.05, 4.69) is 0 Å². The maximum atomic E-state index is 11.1. The summed E-state index contributed by atoms with van der Waals surface area (Å²) >= 11 is 0. The number of fused-ring (bicyclic) bond motifs is 1. The topological polar surface area (TPSA) is 52.6 Å². The van der Waals surface area contributed by atoms with E-state index in [4.69, 9.17) is 13.4 Å². The fourth-order valence-corrected chi connectivity index (χ4v) is 1.56. The monoisotopic (exact) mass is 198 g/mol. The van der Waals surface area contributed by atoms with Gasteiger partial charge in [0, 0.05) is 11.9 Å². The van der Waals surface area contributed by atoms with Gasteiger partial charge < -0.3 is 13.4 Å². The Kier molecular flexibility index (Phi) is 2.07. The Balaban J connectivity index is 2.62. The summed E-state index contributed by atoms with van der Waals surface area (Å²) in [7, 11) is 0.497. The van der Waals surface area contributed by atoms with Gasteiger partial charge in [-0.15, -0.1) is 0 Å². The third kappa shape index (κ3) is 1.45. The Hall–Kier alpha value is -1.28. The summed E-state index contributed by atoms with van der Waals surface area (Å²) in [5.74, 6) is 2.04. The molecule has 5 heteroatoms. The Labute approximate surface area is 75.3 Å². The van der Waals surface area contributed by atoms with Crippen molar-refractivity contribution >= 4 is 19.4 Å². The van der Waals surface area contributed by atoms with Gasteiger partial charge >= 0.3 is 5.63 Å². The molecule has 0 radical (unpaired) electrons. The third-order valence-corrected chi connectivity index (χ3v) is 2.16. The zero-order valence-corrected chi connectivity index (χ0v) is 7.84. The predicted molar refractivity (Wildman–Crippen MR) is 48.4 cm³/mol. The molecule has 0 aromatic carbocycles. The Bertz CT molecular complexity index is 470. The van der Waals surface area contributed by atoms with Gasteiger partial charge in [0.2, 0.25) is 0 Å². The molecule has 0 aliphatic heterocycles. The van der Waals surface area contributed by atoms with Gasteiger partial charge in [-0.1, -0.05) is 0 Å². The summed E-state index contributed by atoms with van der Waals surface area (Å²) in [5, 5.41) is 0.433. The number of furan rings is 1. The van der Waals surface area contributed by atoms with Crippen molar-refractivity contribution in [3.63, 3.8) is 0 Å². The van der Waals surface area contributed by atoms with Crippen LogP contribution in [0.2, 0.25) is 0 Å². The largest absolute Gasteiger partial charge is 0.465 e. The van der Waals surface area contributed by atoms with Crippen molar-refractivity contribution in [1.29, 1.82) is 0 Å². The van der Waals surface area contributed by atoms with Gasteiger partial charge in [-0.2, -0.15) is 0 Å². The molecular weight excluding hydrogens is 191 g/mol. The van der Waals surface area contributed by atoms with E-state index < -0.39 is 0 Å². The van der Waals surface area contributed by atoms with E-state index in [0.29, 0.717) is 32.0 Å². The summed E-state index contributed by atoms with van der Waals surface area (Å²) in [6, 6.07) is 1.55. The summed E-state index contributed by atoms with van der Waals surface area (Å²) in [4.78, 5) is 11.1. The molecule has 0 amide bonds. The lowest BCUT2D eigenvalue weighted by atomic mass is 10.4. The summed E-state index contributed by atoms with van der Waals surface area (Å²) in [6.45, 7) is 2.36. The van der Waals surface area contributed by atoms with E-state index in [1.165, 1.54) is 0 Å². The van der Waals surface area contributed by atoms with Crippen molar-refractivity contribution < 1.29 is 13.4 Å². The smallest absolute Gasteiger partial charge is 0.350 e. The first-order valence-electron chi connectivity index (χ1n) is 3.82. The van der Waals surface area contributed by atoms with Crippen LogP contribution in [0.5, 0.6) is 5.95 Å². The Morgan fingerprint density at radius 2 is 2.46 bits per heavy atom. The van der Waals surface area contributed by atoms with Crippen molar-refractivity contribution in [2.24, 2.45) is 0 Å². The Morgan fingerprint density at radius 3 is 3.15 bits per heavy atom. The lowest BCUT2D eigenvalue weighted by molar-refractivity contribution is 0.265. The van der Waals surface area contributed by atoms with Crippen LogP contribution in [0.25, 0.3) is 11.0 Å². The zero-order valence-electron chi connectivity index (χ0n) is 6.94. The van der Waals surface area contributed by atoms with Crippen LogP contribution < -0.4 is 10.4 Å². The molecule has 2 heterocycles. The van der Waals surface area contributed by atoms with E-state index >= 15 is 0 Å². The highest BCUT2D eigenvalue weighted by Crippen LogP contribution is 2.24. The lowest BCUT2D eigenvalue weighted by Crippen LogP contribution is -1.93. The molecule has 0 N–H and O–H groups in total. The van der Waals surface area contributed by atoms with Crippen LogP contribution in [-0.2, 0) is 0 Å². The van der Waals surface area contributed by atoms with E-state index in [1.807, 2.05) is 6.92 Å². The molecule has 0 atom stereocenters. The summed E-state index contributed by atoms with van der Waals surface area (Å²) in [6.07, 6.45) is 0. The van der Waals surface area contributed by atoms with Gasteiger partial charge in [0.15, 0.2) is 5.58 Å². The highest BCUT2D eigenvalue weighted by Gasteiger charge is 2.07. The minimum atomic E-state index is -0.367. The predicted octanol–water partition coefficient (Wildman–Crippen LogP) is 2.36. The lowest BCUT2D eigenvalue weighted by Gasteiger charge is -1.93. The second-order valence-electron chi connectivity index (χ2n) is 2.39. The van der Waals surface area contributed by atoms with Crippen LogP contribution in [0, 0.1) is 0 Å². The van der Waals surface area contributed by atoms with E-state index in [9.17, 15) is 4.79 Å². The highest BCUT2D eigenvalue weighted by atomic mass is 31.1. The second-order valence-corrected chi connectivity index (χ2v) is 3.04. The van der Waals surface area contributed by atoms with Crippen molar-refractivity contribution in [1.82, 2.24) is 0 Å². The van der Waals surface area contributed by atoms with Gasteiger partial charge in [0.05, 0.1) is 6.61 Å². The standard InChI is InChI=1S/C8H7O4P/c1-2-10-7-3-5-6(11-7)4-13-12-8(5)9/h3-4H,2H2,1H3. The number of hydrogen-bond acceptors (Lipinski definition) is 4. The SMILES string of the molecule is CCOc1cc2c(=O)opcc2o1. The van der Waals surface area contributed by atoms with Crippen molar-refractivity contribution in [3.05, 3.63) is 22.3 Å². The highest BCUT2D eigenvalue weighted by molar-refractivity contribution is 7.22. The molecule has 2 rings (SSSR count). The molecule has 13 heavy (non-hydrogen) atoms. The zero-order chi connectivity index (χ0) is 9.26. The molecule has 0 bridgehead atoms. The van der Waals surface area contributed by atoms with Gasteiger partial charge in [-0.3, -0.25) is 0 Å². The molecular formula is C8H7O4P. The van der Waals surface area contributed by atoms with Crippen LogP contribution in [0.1, 0.15) is 6.92 Å². The molecule has 68 valence electrons. The first-order valence-corrected chi connectivity index (χ1v) is 4.70. The van der Waals surface area contributed by atoms with Gasteiger partial charge in [0.1, 0.15) is 13.8 Å². The van der Waals surface area contributed by atoms with Gasteiger partial charge in [0.25, 0.3) is 5.95 Å². The molecule has 0 aliphatic rings. The minimum Gasteiger partial charge on any atom is -0.465 e. The molecule has 0 spiro atoms. The Morgan fingerprint density at radius 1 is 1.62 bits per heavy atom. The maximum Gasteiger partial charge on any atom is 0.350 e. The average molecular weight is 198 g/mol. The molecule has 4 nitrogen and oxygen atoms in total. The number of rotatable bonds is 2. The summed E-state index contributed by atoms with van der Waals surface area (Å²) in [5.41, 5.74) is 0.162. The molecule has 2 aromatic heterocycles. The van der Waals surface area contributed by atoms with E-state index in [1.54, 1.807) is 11.9 Å². The molecule has 0 saturated carbocycles. The van der Waals surface area contributed by atoms with Gasteiger partial charge in [-0.05, 0) is 6.92 Å². The van der Waals surface area contributed by atoms with Crippen LogP contribution in [0.15, 0.2) is 25.3 Å². The fraction of sp³-hybridized carbons (Fsp3) is 0.250. The second kappa shape index (κ2) is 3.23. The van der Waals surface area contributed by atoms with E-state index in [0.717, 1.165) is 0 Å². The molecule has 0 fully saturated rings. The first-order chi connectivity index (χ1) is 6.31. The van der Waals surface area contributed by atoms with Crippen LogP contribution in [0.4, 0.5) is 0 Å². The normalized spacial score (nSPS) is 11.2. The fourth-order valence-electron chi connectivity index (χ4n) is 1.02. The third-order valence-electron chi connectivity index (χ3n) is 1.55. The van der Waals surface area contributed by atoms with Crippen molar-refractivity contribution in [3.8, 4) is 5.95 Å². The van der Waals surface area contributed by atoms with Crippen LogP contribution in [0.3, 0.4) is 0 Å². The van der Waals surface area contributed by atoms with Crippen LogP contribution >= 0.6 is 8.43 Å². The quantitative estimate of drug-likeness (QED) is 0.743. The van der Waals surface area contributed by atoms with Crippen molar-refractivity contribution in [2.45, 2.75) is 6.92 Å². The molecule has 0 saturated heterocycles. The molecule has 0 unspecified atom stereocenters. The van der Waals surface area contributed by atoms with Gasteiger partial charge in [-0.25, -0.2) is 4.79 Å². The summed E-state index contributed by atoms with van der Waals surface area (Å²) < 4.78 is 15.1. The molecule has 2 aromatic rings. The number of hydrogen-bond donors (Lipinski definition) is 0.